The molecule has 0 spiro atoms. The Morgan fingerprint density at radius 3 is 1.15 bits per heavy atom. The third-order valence-corrected chi connectivity index (χ3v) is 17.1. The summed E-state index contributed by atoms with van der Waals surface area (Å²) in [4.78, 5) is 13.4. The van der Waals surface area contributed by atoms with Gasteiger partial charge in [0.25, 0.3) is 0 Å². The van der Waals surface area contributed by atoms with Gasteiger partial charge in [0, 0.05) is 6.42 Å². The number of amides is 1. The van der Waals surface area contributed by atoms with Crippen LogP contribution in [0.2, 0.25) is 0 Å². The van der Waals surface area contributed by atoms with Crippen molar-refractivity contribution < 1.29 is 89.4 Å². The molecule has 552 valence electrons. The summed E-state index contributed by atoms with van der Waals surface area (Å²) in [7, 11) is 0. The summed E-state index contributed by atoms with van der Waals surface area (Å²) in [5.41, 5.74) is 0. The van der Waals surface area contributed by atoms with E-state index in [4.69, 9.17) is 28.4 Å². The third kappa shape index (κ3) is 38.3. The first-order valence-electron chi connectivity index (χ1n) is 36.6. The van der Waals surface area contributed by atoms with Gasteiger partial charge >= 0.3 is 0 Å². The van der Waals surface area contributed by atoms with Gasteiger partial charge in [-0.1, -0.05) is 237 Å². The zero-order valence-electron chi connectivity index (χ0n) is 58.5. The largest absolute Gasteiger partial charge is 0.394 e. The minimum atomic E-state index is -1.99. The first-order chi connectivity index (χ1) is 47.3. The molecule has 3 rings (SSSR count). The van der Waals surface area contributed by atoms with Crippen molar-refractivity contribution in [3.8, 4) is 0 Å². The molecule has 12 N–H and O–H groups in total. The molecule has 19 nitrogen and oxygen atoms in total. The fraction of sp³-hybridized carbons (Fsp3) is 0.679. The Labute approximate surface area is 581 Å². The number of aliphatic hydroxyl groups is 11. The molecule has 0 bridgehead atoms. The van der Waals surface area contributed by atoms with E-state index in [1.165, 1.54) is 77.0 Å². The second kappa shape index (κ2) is 57.3. The molecule has 3 aliphatic heterocycles. The first-order valence-corrected chi connectivity index (χ1v) is 36.6. The van der Waals surface area contributed by atoms with E-state index >= 15 is 0 Å². The maximum Gasteiger partial charge on any atom is 0.220 e. The van der Waals surface area contributed by atoms with Gasteiger partial charge in [-0.2, -0.15) is 0 Å². The van der Waals surface area contributed by atoms with Crippen molar-refractivity contribution in [2.45, 2.75) is 311 Å². The second-order valence-corrected chi connectivity index (χ2v) is 25.3. The molecule has 3 aliphatic rings. The predicted molar refractivity (Wildman–Crippen MR) is 382 cm³/mol. The monoisotopic (exact) mass is 1370 g/mol. The number of aliphatic hydroxyl groups excluding tert-OH is 11. The fourth-order valence-corrected chi connectivity index (χ4v) is 11.2. The summed E-state index contributed by atoms with van der Waals surface area (Å²) in [6, 6.07) is -1.03. The van der Waals surface area contributed by atoms with Gasteiger partial charge in [-0.15, -0.1) is 0 Å². The summed E-state index contributed by atoms with van der Waals surface area (Å²) in [6.07, 6.45) is 55.4. The number of rotatable bonds is 54. The van der Waals surface area contributed by atoms with E-state index in [-0.39, 0.29) is 12.3 Å². The average Bonchev–Trinajstić information content (AvgIpc) is 0.845. The Hall–Kier alpha value is -4.33. The zero-order valence-corrected chi connectivity index (χ0v) is 58.5. The Bertz CT molecular complexity index is 2320. The van der Waals surface area contributed by atoms with Gasteiger partial charge in [0.05, 0.1) is 38.6 Å². The summed E-state index contributed by atoms with van der Waals surface area (Å²) >= 11 is 0. The van der Waals surface area contributed by atoms with E-state index in [9.17, 15) is 61.0 Å². The Morgan fingerprint density at radius 1 is 0.381 bits per heavy atom. The topological polar surface area (TPSA) is 307 Å². The second-order valence-electron chi connectivity index (χ2n) is 25.3. The number of hydrogen-bond acceptors (Lipinski definition) is 18. The number of unbranched alkanes of at least 4 members (excludes halogenated alkanes) is 16. The van der Waals surface area contributed by atoms with E-state index in [2.05, 4.69) is 153 Å². The van der Waals surface area contributed by atoms with Crippen LogP contribution in [-0.4, -0.2) is 193 Å². The lowest BCUT2D eigenvalue weighted by Crippen LogP contribution is -2.66. The van der Waals surface area contributed by atoms with Gasteiger partial charge in [-0.3, -0.25) is 4.79 Å². The van der Waals surface area contributed by atoms with Crippen LogP contribution in [0.1, 0.15) is 206 Å². The van der Waals surface area contributed by atoms with Crippen LogP contribution in [0.4, 0.5) is 0 Å². The molecule has 3 saturated heterocycles. The predicted octanol–water partition coefficient (Wildman–Crippen LogP) is 10.7. The number of carbonyl (C=O) groups is 1. The molecule has 97 heavy (non-hydrogen) atoms. The van der Waals surface area contributed by atoms with Crippen LogP contribution in [0.15, 0.2) is 146 Å². The molecule has 0 aliphatic carbocycles. The lowest BCUT2D eigenvalue weighted by molar-refractivity contribution is -0.379. The van der Waals surface area contributed by atoms with Crippen LogP contribution < -0.4 is 5.32 Å². The van der Waals surface area contributed by atoms with E-state index in [1.807, 2.05) is 6.08 Å². The number of hydrogen-bond donors (Lipinski definition) is 12. The molecule has 0 aromatic rings. The van der Waals surface area contributed by atoms with Crippen LogP contribution in [0, 0.1) is 0 Å². The van der Waals surface area contributed by atoms with E-state index in [1.54, 1.807) is 6.08 Å². The van der Waals surface area contributed by atoms with Crippen molar-refractivity contribution in [1.82, 2.24) is 5.32 Å². The van der Waals surface area contributed by atoms with Crippen LogP contribution in [0.25, 0.3) is 0 Å². The Morgan fingerprint density at radius 2 is 0.722 bits per heavy atom. The molecule has 3 heterocycles. The molecule has 17 unspecified atom stereocenters. The average molecular weight is 1370 g/mol. The van der Waals surface area contributed by atoms with Crippen LogP contribution >= 0.6 is 0 Å². The SMILES string of the molecule is CC/C=C\C/C=C\C/C=C\C/C=C\C/C=C\C/C=C\C/C=C\C/C=C\C/C=C\C/C=C\CCCCC(=O)NC(COC1OC(CO)C(OC2OC(CO)C(OC3OC(CO)C(O)C(O)C3O)C(O)C2O)C(O)C1O)C(O)/C=C/CC/C=C/CCCCCCCCCCCCCCC. The standard InChI is InChI=1S/C78H127NO18/c1-3-5-7-9-11-13-15-17-19-21-23-24-25-26-27-28-29-30-31-32-33-34-35-36-38-40-42-44-46-48-50-52-54-56-66(84)79-61(62(83)55-53-51-49-47-45-43-41-39-37-22-20-18-16-14-12-10-8-6-4-2)60-92-76-72(90)69(87)74(64(58-81)94-76)97-78-73(91)70(88)75(65(59-82)95-78)96-77-71(89)68(86)67(85)63(57-80)93-77/h5,7,11,13,17,19,23-24,26-27,29-30,32-33,35-36,40,42,45-48,53,55,61-65,67-78,80-83,85-91H,3-4,6,8-10,12,14-16,18,20-22,25,28,31,34,37-39,41,43-44,49-52,54,56-60H2,1-2H3,(H,79,84)/b7-5-,13-11-,19-17-,24-23-,27-26-,30-29-,33-32-,36-35-,42-40-,47-45+,48-46-,55-53+. The van der Waals surface area contributed by atoms with Crippen molar-refractivity contribution in [3.63, 3.8) is 0 Å². The van der Waals surface area contributed by atoms with Crippen molar-refractivity contribution >= 4 is 5.91 Å². The summed E-state index contributed by atoms with van der Waals surface area (Å²) in [6.45, 7) is 1.55. The van der Waals surface area contributed by atoms with Gasteiger partial charge in [-0.05, 0) is 109 Å². The summed E-state index contributed by atoms with van der Waals surface area (Å²) < 4.78 is 34.3. The molecule has 17 atom stereocenters. The molecule has 19 heteroatoms. The maximum absolute atomic E-state index is 13.4. The Balaban J connectivity index is 1.44. The highest BCUT2D eigenvalue weighted by Crippen LogP contribution is 2.33. The lowest BCUT2D eigenvalue weighted by atomic mass is 9.96. The highest BCUT2D eigenvalue weighted by molar-refractivity contribution is 5.76. The summed E-state index contributed by atoms with van der Waals surface area (Å²) in [5, 5.41) is 121. The quantitative estimate of drug-likeness (QED) is 0.0199. The molecule has 0 aromatic heterocycles. The number of carbonyl (C=O) groups excluding carboxylic acids is 1. The Kier molecular flexibility index (Phi) is 51.3. The lowest BCUT2D eigenvalue weighted by Gasteiger charge is -2.48. The molecule has 1 amide bonds. The van der Waals surface area contributed by atoms with Crippen LogP contribution in [0.5, 0.6) is 0 Å². The molecule has 0 saturated carbocycles. The zero-order chi connectivity index (χ0) is 70.4. The normalized spacial score (nSPS) is 27.8. The highest BCUT2D eigenvalue weighted by Gasteiger charge is 2.53. The number of ether oxygens (including phenoxy) is 6. The van der Waals surface area contributed by atoms with Gasteiger partial charge in [0.15, 0.2) is 18.9 Å². The van der Waals surface area contributed by atoms with Gasteiger partial charge in [0.2, 0.25) is 5.91 Å². The first kappa shape index (κ1) is 86.9. The molecular formula is C78H127NO18. The van der Waals surface area contributed by atoms with E-state index in [0.29, 0.717) is 12.8 Å². The van der Waals surface area contributed by atoms with Gasteiger partial charge in [0.1, 0.15) is 73.2 Å². The van der Waals surface area contributed by atoms with Crippen molar-refractivity contribution in [1.29, 1.82) is 0 Å². The van der Waals surface area contributed by atoms with E-state index < -0.39 is 131 Å². The minimum Gasteiger partial charge on any atom is -0.394 e. The van der Waals surface area contributed by atoms with Crippen molar-refractivity contribution in [3.05, 3.63) is 146 Å². The highest BCUT2D eigenvalue weighted by atomic mass is 16.8. The number of allylic oxidation sites excluding steroid dienone is 23. The number of nitrogens with one attached hydrogen (secondary N) is 1. The summed E-state index contributed by atoms with van der Waals surface area (Å²) in [5.74, 6) is -0.334. The van der Waals surface area contributed by atoms with E-state index in [0.717, 1.165) is 96.3 Å². The van der Waals surface area contributed by atoms with Crippen LogP contribution in [-0.2, 0) is 33.2 Å². The third-order valence-electron chi connectivity index (χ3n) is 17.1. The van der Waals surface area contributed by atoms with Crippen LogP contribution in [0.3, 0.4) is 0 Å². The minimum absolute atomic E-state index is 0.170. The molecule has 3 fully saturated rings. The van der Waals surface area contributed by atoms with Gasteiger partial charge < -0.3 is 89.9 Å². The fourth-order valence-electron chi connectivity index (χ4n) is 11.2. The van der Waals surface area contributed by atoms with Crippen molar-refractivity contribution in [2.24, 2.45) is 0 Å². The van der Waals surface area contributed by atoms with Crippen molar-refractivity contribution in [2.75, 3.05) is 26.4 Å². The molecule has 0 aromatic carbocycles. The van der Waals surface area contributed by atoms with Gasteiger partial charge in [-0.25, -0.2) is 0 Å². The molecule has 0 radical (unpaired) electrons. The maximum atomic E-state index is 13.4. The smallest absolute Gasteiger partial charge is 0.220 e. The molecular weight excluding hydrogens is 1240 g/mol.